The number of carbonyl (C=O) groups excluding carboxylic acids is 2. The van der Waals surface area contributed by atoms with E-state index in [0.717, 1.165) is 38.1 Å². The second kappa shape index (κ2) is 13.0. The van der Waals surface area contributed by atoms with Gasteiger partial charge in [-0.1, -0.05) is 20.4 Å². The Bertz CT molecular complexity index is 1190. The average molecular weight is 556 g/mol. The quantitative estimate of drug-likeness (QED) is 0.400. The van der Waals surface area contributed by atoms with E-state index < -0.39 is 29.5 Å². The van der Waals surface area contributed by atoms with Crippen molar-refractivity contribution in [1.82, 2.24) is 14.8 Å². The van der Waals surface area contributed by atoms with Gasteiger partial charge in [0.25, 0.3) is 5.91 Å². The molecule has 9 heteroatoms. The third kappa shape index (κ3) is 6.93. The highest BCUT2D eigenvalue weighted by molar-refractivity contribution is 6.01. The first kappa shape index (κ1) is 29.8. The van der Waals surface area contributed by atoms with E-state index in [9.17, 15) is 19.1 Å². The molecule has 1 aromatic heterocycles. The highest BCUT2D eigenvalue weighted by Gasteiger charge is 2.38. The van der Waals surface area contributed by atoms with Crippen LogP contribution in [0.25, 0.3) is 11.3 Å². The zero-order valence-corrected chi connectivity index (χ0v) is 23.3. The Morgan fingerprint density at radius 1 is 1.20 bits per heavy atom. The Kier molecular flexibility index (Phi) is 9.68. The van der Waals surface area contributed by atoms with Crippen LogP contribution in [-0.2, 0) is 4.79 Å². The molecule has 0 bridgehead atoms. The molecule has 1 unspecified atom stereocenters. The number of alkyl halides is 1. The number of β-amino-alcohol motifs (C(OH)–C–C–N with tert-alkyl or cyclic N) is 1. The van der Waals surface area contributed by atoms with Crippen LogP contribution in [0.1, 0.15) is 56.3 Å². The summed E-state index contributed by atoms with van der Waals surface area (Å²) in [5.41, 5.74) is -0.392. The van der Waals surface area contributed by atoms with E-state index in [1.807, 2.05) is 13.8 Å². The second-order valence-corrected chi connectivity index (χ2v) is 10.9. The Morgan fingerprint density at radius 3 is 2.52 bits per heavy atom. The highest BCUT2D eigenvalue weighted by atomic mass is 19.1. The van der Waals surface area contributed by atoms with Crippen molar-refractivity contribution in [1.29, 1.82) is 0 Å². The van der Waals surface area contributed by atoms with Gasteiger partial charge in [0.05, 0.1) is 30.6 Å². The van der Waals surface area contributed by atoms with Crippen LogP contribution in [0.2, 0.25) is 0 Å². The lowest BCUT2D eigenvalue weighted by Crippen LogP contribution is -2.44. The molecule has 2 fully saturated rings. The van der Waals surface area contributed by atoms with E-state index in [-0.39, 0.29) is 29.9 Å². The summed E-state index contributed by atoms with van der Waals surface area (Å²) >= 11 is 0. The van der Waals surface area contributed by atoms with Crippen molar-refractivity contribution in [3.63, 3.8) is 0 Å². The summed E-state index contributed by atoms with van der Waals surface area (Å²) in [5, 5.41) is 9.97. The van der Waals surface area contributed by atoms with Gasteiger partial charge < -0.3 is 19.6 Å². The van der Waals surface area contributed by atoms with E-state index in [0.29, 0.717) is 43.4 Å². The molecule has 2 aliphatic rings. The Balaban J connectivity index is 1.32. The number of hydrogen-bond donors (Lipinski definition) is 1. The molecule has 0 aliphatic carbocycles. The van der Waals surface area contributed by atoms with Gasteiger partial charge in [-0.3, -0.25) is 14.6 Å². The number of hydrogen-bond acceptors (Lipinski definition) is 6. The molecule has 4 rings (SSSR count). The summed E-state index contributed by atoms with van der Waals surface area (Å²) < 4.78 is 35.7. The molecule has 7 nitrogen and oxygen atoms in total. The molecule has 0 spiro atoms. The van der Waals surface area contributed by atoms with Gasteiger partial charge in [-0.25, -0.2) is 8.78 Å². The minimum Gasteiger partial charge on any atom is -0.492 e. The fraction of sp³-hybridized carbons (Fsp3) is 0.516. The van der Waals surface area contributed by atoms with E-state index in [2.05, 4.69) is 16.5 Å². The number of aliphatic hydroxyl groups excluding tert-OH is 1. The maximum absolute atomic E-state index is 15.1. The summed E-state index contributed by atoms with van der Waals surface area (Å²) in [6.07, 6.45) is 4.96. The molecule has 0 radical (unpaired) electrons. The number of rotatable bonds is 11. The van der Waals surface area contributed by atoms with E-state index in [4.69, 9.17) is 4.74 Å². The molecule has 2 saturated heterocycles. The van der Waals surface area contributed by atoms with Crippen LogP contribution < -0.4 is 4.74 Å². The fourth-order valence-electron chi connectivity index (χ4n) is 5.49. The number of likely N-dealkylation sites (tertiary alicyclic amines) is 2. The van der Waals surface area contributed by atoms with Crippen LogP contribution in [0, 0.1) is 11.7 Å². The minimum absolute atomic E-state index is 0.00458. The van der Waals surface area contributed by atoms with Gasteiger partial charge in [-0.05, 0) is 81.1 Å². The van der Waals surface area contributed by atoms with Crippen LogP contribution >= 0.6 is 0 Å². The number of benzene rings is 1. The first-order valence-corrected chi connectivity index (χ1v) is 14.1. The van der Waals surface area contributed by atoms with Crippen molar-refractivity contribution in [2.45, 2.75) is 63.8 Å². The summed E-state index contributed by atoms with van der Waals surface area (Å²) in [6.45, 7) is 10.0. The van der Waals surface area contributed by atoms with Crippen LogP contribution in [0.3, 0.4) is 0 Å². The lowest BCUT2D eigenvalue weighted by molar-refractivity contribution is -0.118. The molecule has 1 N–H and O–H groups in total. The summed E-state index contributed by atoms with van der Waals surface area (Å²) in [6, 6.07) is 6.72. The molecule has 40 heavy (non-hydrogen) atoms. The van der Waals surface area contributed by atoms with Crippen molar-refractivity contribution >= 4 is 11.7 Å². The lowest BCUT2D eigenvalue weighted by Gasteiger charge is -2.36. The monoisotopic (exact) mass is 555 g/mol. The zero-order valence-electron chi connectivity index (χ0n) is 23.3. The lowest BCUT2D eigenvalue weighted by atomic mass is 9.94. The van der Waals surface area contributed by atoms with Crippen LogP contribution in [0.15, 0.2) is 49.2 Å². The van der Waals surface area contributed by atoms with Crippen molar-refractivity contribution in [3.05, 3.63) is 60.6 Å². The summed E-state index contributed by atoms with van der Waals surface area (Å²) in [7, 11) is 0. The van der Waals surface area contributed by atoms with Crippen LogP contribution in [-0.4, -0.2) is 82.2 Å². The Labute approximate surface area is 234 Å². The predicted octanol–water partition coefficient (Wildman–Crippen LogP) is 4.84. The fourth-order valence-corrected chi connectivity index (χ4v) is 5.49. The summed E-state index contributed by atoms with van der Waals surface area (Å²) in [4.78, 5) is 32.9. The van der Waals surface area contributed by atoms with Crippen molar-refractivity contribution in [2.75, 3.05) is 32.8 Å². The standard InChI is InChI=1S/C31H39F2N3O4/c1-4-29(38)28-16-23(37)18-36(28)30(39)22-7-9-25(26(32)15-22)27-10-8-24(17-34-27)40-19-21-11-13-35(14-12-21)20-31(33,5-2)6-3/h4,7-10,15,17,21,23,28,37H,1,5-6,11-14,16,18-20H2,2-3H3/t23-,28?/m1/s1. The minimum atomic E-state index is -1.11. The maximum atomic E-state index is 15.1. The number of nitrogens with zero attached hydrogens (tertiary/aromatic N) is 3. The molecule has 3 heterocycles. The number of pyridine rings is 1. The molecule has 2 aromatic rings. The normalized spacial score (nSPS) is 20.5. The number of piperidine rings is 1. The number of ether oxygens (including phenoxy) is 1. The highest BCUT2D eigenvalue weighted by Crippen LogP contribution is 2.28. The van der Waals surface area contributed by atoms with E-state index >= 15 is 4.39 Å². The maximum Gasteiger partial charge on any atom is 0.254 e. The SMILES string of the molecule is C=CC(=O)C1C[C@@H](O)CN1C(=O)c1ccc(-c2ccc(OCC3CCN(CC(F)(CC)CC)CC3)cn2)c(F)c1. The largest absolute Gasteiger partial charge is 0.492 e. The number of aromatic nitrogens is 1. The van der Waals surface area contributed by atoms with Crippen molar-refractivity contribution in [3.8, 4) is 17.0 Å². The number of amides is 1. The Hall–Kier alpha value is -3.17. The topological polar surface area (TPSA) is 83.0 Å². The molecule has 0 saturated carbocycles. The number of carbonyl (C=O) groups is 2. The first-order valence-electron chi connectivity index (χ1n) is 14.1. The summed E-state index contributed by atoms with van der Waals surface area (Å²) in [5.74, 6) is -0.527. The molecular weight excluding hydrogens is 516 g/mol. The van der Waals surface area contributed by atoms with E-state index in [1.165, 1.54) is 17.0 Å². The van der Waals surface area contributed by atoms with E-state index in [1.54, 1.807) is 18.3 Å². The third-order valence-corrected chi connectivity index (χ3v) is 8.26. The van der Waals surface area contributed by atoms with Crippen molar-refractivity contribution in [2.24, 2.45) is 5.92 Å². The van der Waals surface area contributed by atoms with Gasteiger partial charge in [0, 0.05) is 30.6 Å². The number of aliphatic hydroxyl groups is 1. The van der Waals surface area contributed by atoms with Gasteiger partial charge in [-0.2, -0.15) is 0 Å². The van der Waals surface area contributed by atoms with Gasteiger partial charge in [-0.15, -0.1) is 0 Å². The smallest absolute Gasteiger partial charge is 0.254 e. The first-order chi connectivity index (χ1) is 19.2. The van der Waals surface area contributed by atoms with Gasteiger partial charge >= 0.3 is 0 Å². The average Bonchev–Trinajstić information content (AvgIpc) is 3.37. The van der Waals surface area contributed by atoms with Gasteiger partial charge in [0.2, 0.25) is 0 Å². The van der Waals surface area contributed by atoms with Crippen molar-refractivity contribution < 1.29 is 28.2 Å². The zero-order chi connectivity index (χ0) is 28.9. The third-order valence-electron chi connectivity index (χ3n) is 8.26. The molecule has 1 amide bonds. The Morgan fingerprint density at radius 2 is 1.93 bits per heavy atom. The number of ketones is 1. The molecule has 216 valence electrons. The molecular formula is C31H39F2N3O4. The van der Waals surface area contributed by atoms with Crippen LogP contribution in [0.4, 0.5) is 8.78 Å². The van der Waals surface area contributed by atoms with Crippen LogP contribution in [0.5, 0.6) is 5.75 Å². The van der Waals surface area contributed by atoms with Gasteiger partial charge in [0.1, 0.15) is 17.2 Å². The molecule has 1 aromatic carbocycles. The van der Waals surface area contributed by atoms with Gasteiger partial charge in [0.15, 0.2) is 5.78 Å². The molecule has 2 atom stereocenters. The second-order valence-electron chi connectivity index (χ2n) is 10.9. The molecule has 2 aliphatic heterocycles. The number of halogens is 2. The predicted molar refractivity (Wildman–Crippen MR) is 149 cm³/mol.